The standard InChI is InChI=1S/C16H30N6O2/c1-13(2)14-19-15(18-6-10-24-12-11-23-9-5-17)21-16(20-14)22-7-3-4-8-22/h13H,3-12,17H2,1-2H3,(H,18,19,20,21). The molecular formula is C16H30N6O2. The van der Waals surface area contributed by atoms with Crippen molar-refractivity contribution < 1.29 is 9.47 Å². The number of ether oxygens (including phenoxy) is 2. The first-order valence-electron chi connectivity index (χ1n) is 8.81. The summed E-state index contributed by atoms with van der Waals surface area (Å²) in [5, 5.41) is 3.23. The van der Waals surface area contributed by atoms with Gasteiger partial charge in [0.1, 0.15) is 5.82 Å². The van der Waals surface area contributed by atoms with E-state index in [9.17, 15) is 0 Å². The predicted octanol–water partition coefficient (Wildman–Crippen LogP) is 0.999. The van der Waals surface area contributed by atoms with Crippen molar-refractivity contribution >= 4 is 11.9 Å². The van der Waals surface area contributed by atoms with E-state index in [1.54, 1.807) is 0 Å². The molecule has 0 saturated carbocycles. The monoisotopic (exact) mass is 338 g/mol. The summed E-state index contributed by atoms with van der Waals surface area (Å²) >= 11 is 0. The Labute approximate surface area is 144 Å². The largest absolute Gasteiger partial charge is 0.378 e. The Morgan fingerprint density at radius 1 is 1.04 bits per heavy atom. The zero-order chi connectivity index (χ0) is 17.2. The second-order valence-electron chi connectivity index (χ2n) is 6.11. The molecule has 1 saturated heterocycles. The highest BCUT2D eigenvalue weighted by Gasteiger charge is 2.18. The van der Waals surface area contributed by atoms with Crippen LogP contribution in [-0.4, -0.2) is 67.6 Å². The minimum Gasteiger partial charge on any atom is -0.378 e. The number of hydrogen-bond acceptors (Lipinski definition) is 8. The van der Waals surface area contributed by atoms with Crippen molar-refractivity contribution in [3.8, 4) is 0 Å². The molecule has 0 aromatic carbocycles. The summed E-state index contributed by atoms with van der Waals surface area (Å²) in [6.45, 7) is 9.71. The van der Waals surface area contributed by atoms with Gasteiger partial charge in [-0.2, -0.15) is 15.0 Å². The minimum absolute atomic E-state index is 0.269. The SMILES string of the molecule is CC(C)c1nc(NCCOCCOCCN)nc(N2CCCC2)n1. The van der Waals surface area contributed by atoms with E-state index in [-0.39, 0.29) is 5.92 Å². The normalized spacial score (nSPS) is 14.6. The molecule has 3 N–H and O–H groups in total. The Balaban J connectivity index is 1.80. The summed E-state index contributed by atoms with van der Waals surface area (Å²) in [4.78, 5) is 15.9. The fraction of sp³-hybridized carbons (Fsp3) is 0.812. The third-order valence-corrected chi connectivity index (χ3v) is 3.71. The molecule has 2 heterocycles. The van der Waals surface area contributed by atoms with Gasteiger partial charge >= 0.3 is 0 Å². The Bertz CT molecular complexity index is 480. The van der Waals surface area contributed by atoms with E-state index in [0.717, 1.165) is 24.9 Å². The fourth-order valence-corrected chi connectivity index (χ4v) is 2.42. The Morgan fingerprint density at radius 3 is 2.42 bits per heavy atom. The molecule has 2 rings (SSSR count). The number of nitrogens with one attached hydrogen (secondary N) is 1. The van der Waals surface area contributed by atoms with Gasteiger partial charge in [0, 0.05) is 32.1 Å². The van der Waals surface area contributed by atoms with Crippen LogP contribution in [0.2, 0.25) is 0 Å². The first-order valence-corrected chi connectivity index (χ1v) is 8.81. The summed E-state index contributed by atoms with van der Waals surface area (Å²) in [6, 6.07) is 0. The van der Waals surface area contributed by atoms with Crippen LogP contribution in [0.25, 0.3) is 0 Å². The third kappa shape index (κ3) is 6.18. The van der Waals surface area contributed by atoms with Crippen LogP contribution in [0, 0.1) is 0 Å². The highest BCUT2D eigenvalue weighted by atomic mass is 16.5. The van der Waals surface area contributed by atoms with Gasteiger partial charge in [-0.25, -0.2) is 0 Å². The van der Waals surface area contributed by atoms with Gasteiger partial charge in [0.25, 0.3) is 0 Å². The third-order valence-electron chi connectivity index (χ3n) is 3.71. The first-order chi connectivity index (χ1) is 11.7. The second-order valence-corrected chi connectivity index (χ2v) is 6.11. The van der Waals surface area contributed by atoms with Gasteiger partial charge in [0.05, 0.1) is 26.4 Å². The molecule has 1 aromatic rings. The van der Waals surface area contributed by atoms with Crippen molar-refractivity contribution in [3.63, 3.8) is 0 Å². The van der Waals surface area contributed by atoms with Crippen molar-refractivity contribution in [2.45, 2.75) is 32.6 Å². The molecule has 24 heavy (non-hydrogen) atoms. The molecule has 0 amide bonds. The molecule has 8 nitrogen and oxygen atoms in total. The zero-order valence-electron chi connectivity index (χ0n) is 14.8. The van der Waals surface area contributed by atoms with Crippen molar-refractivity contribution in [2.75, 3.05) is 62.8 Å². The maximum Gasteiger partial charge on any atom is 0.230 e. The van der Waals surface area contributed by atoms with Crippen molar-refractivity contribution in [2.24, 2.45) is 5.73 Å². The molecule has 0 aliphatic carbocycles. The predicted molar refractivity (Wildman–Crippen MR) is 94.5 cm³/mol. The number of anilines is 2. The number of aromatic nitrogens is 3. The van der Waals surface area contributed by atoms with E-state index in [2.05, 4.69) is 39.0 Å². The van der Waals surface area contributed by atoms with Gasteiger partial charge in [-0.15, -0.1) is 0 Å². The first kappa shape index (κ1) is 18.8. The summed E-state index contributed by atoms with van der Waals surface area (Å²) in [6.07, 6.45) is 2.40. The molecule has 0 radical (unpaired) electrons. The Hall–Kier alpha value is -1.51. The Kier molecular flexibility index (Phi) is 8.14. The van der Waals surface area contributed by atoms with Crippen LogP contribution in [-0.2, 0) is 9.47 Å². The van der Waals surface area contributed by atoms with Crippen molar-refractivity contribution in [3.05, 3.63) is 5.82 Å². The fourth-order valence-electron chi connectivity index (χ4n) is 2.42. The number of nitrogens with zero attached hydrogens (tertiary/aromatic N) is 4. The van der Waals surface area contributed by atoms with Crippen LogP contribution in [0.3, 0.4) is 0 Å². The maximum absolute atomic E-state index is 5.50. The quantitative estimate of drug-likeness (QED) is 0.577. The number of hydrogen-bond donors (Lipinski definition) is 2. The molecular weight excluding hydrogens is 308 g/mol. The van der Waals surface area contributed by atoms with E-state index < -0.39 is 0 Å². The van der Waals surface area contributed by atoms with Gasteiger partial charge in [-0.05, 0) is 12.8 Å². The van der Waals surface area contributed by atoms with Crippen LogP contribution < -0.4 is 16.0 Å². The van der Waals surface area contributed by atoms with Gasteiger partial charge in [0.15, 0.2) is 0 Å². The van der Waals surface area contributed by atoms with E-state index in [1.807, 2.05) is 0 Å². The average Bonchev–Trinajstić information content (AvgIpc) is 3.11. The number of nitrogens with two attached hydrogens (primary N) is 1. The lowest BCUT2D eigenvalue weighted by atomic mass is 10.2. The minimum atomic E-state index is 0.269. The Morgan fingerprint density at radius 2 is 1.75 bits per heavy atom. The average molecular weight is 338 g/mol. The molecule has 0 unspecified atom stereocenters. The van der Waals surface area contributed by atoms with E-state index in [4.69, 9.17) is 15.2 Å². The molecule has 1 aliphatic heterocycles. The lowest BCUT2D eigenvalue weighted by molar-refractivity contribution is 0.0547. The summed E-state index contributed by atoms with van der Waals surface area (Å²) < 4.78 is 10.8. The van der Waals surface area contributed by atoms with Crippen LogP contribution in [0.1, 0.15) is 38.4 Å². The van der Waals surface area contributed by atoms with E-state index in [1.165, 1.54) is 12.8 Å². The lowest BCUT2D eigenvalue weighted by Crippen LogP contribution is -2.23. The molecule has 1 aliphatic rings. The molecule has 1 fully saturated rings. The van der Waals surface area contributed by atoms with Gasteiger partial charge in [-0.1, -0.05) is 13.8 Å². The topological polar surface area (TPSA) is 98.4 Å². The molecule has 0 spiro atoms. The summed E-state index contributed by atoms with van der Waals surface area (Å²) in [7, 11) is 0. The van der Waals surface area contributed by atoms with Crippen LogP contribution in [0.15, 0.2) is 0 Å². The zero-order valence-corrected chi connectivity index (χ0v) is 14.8. The molecule has 0 atom stereocenters. The van der Waals surface area contributed by atoms with Crippen LogP contribution in [0.4, 0.5) is 11.9 Å². The maximum atomic E-state index is 5.50. The highest BCUT2D eigenvalue weighted by Crippen LogP contribution is 2.19. The highest BCUT2D eigenvalue weighted by molar-refractivity contribution is 5.38. The van der Waals surface area contributed by atoms with E-state index >= 15 is 0 Å². The second kappa shape index (κ2) is 10.4. The van der Waals surface area contributed by atoms with Crippen molar-refractivity contribution in [1.29, 1.82) is 0 Å². The molecule has 8 heteroatoms. The molecule has 136 valence electrons. The molecule has 0 bridgehead atoms. The van der Waals surface area contributed by atoms with Gasteiger partial charge in [-0.3, -0.25) is 0 Å². The number of rotatable bonds is 11. The van der Waals surface area contributed by atoms with Gasteiger partial charge in [0.2, 0.25) is 11.9 Å². The van der Waals surface area contributed by atoms with Crippen LogP contribution in [0.5, 0.6) is 0 Å². The van der Waals surface area contributed by atoms with Crippen LogP contribution >= 0.6 is 0 Å². The van der Waals surface area contributed by atoms with Crippen molar-refractivity contribution in [1.82, 2.24) is 15.0 Å². The smallest absolute Gasteiger partial charge is 0.230 e. The lowest BCUT2D eigenvalue weighted by Gasteiger charge is -2.17. The summed E-state index contributed by atoms with van der Waals surface area (Å²) in [5.41, 5.74) is 5.35. The van der Waals surface area contributed by atoms with Gasteiger partial charge < -0.3 is 25.4 Å². The molecule has 1 aromatic heterocycles. The summed E-state index contributed by atoms with van der Waals surface area (Å²) in [5.74, 6) is 2.50. The van der Waals surface area contributed by atoms with E-state index in [0.29, 0.717) is 45.5 Å².